The van der Waals surface area contributed by atoms with E-state index in [1.54, 1.807) is 0 Å². The van der Waals surface area contributed by atoms with Crippen LogP contribution >= 0.6 is 11.8 Å². The smallest absolute Gasteiger partial charge is 0.291 e. The van der Waals surface area contributed by atoms with E-state index < -0.39 is 5.41 Å². The summed E-state index contributed by atoms with van der Waals surface area (Å²) in [5.41, 5.74) is 4.74. The van der Waals surface area contributed by atoms with Crippen LogP contribution in [0.3, 0.4) is 0 Å². The zero-order valence-electron chi connectivity index (χ0n) is 20.9. The minimum Gasteiger partial charge on any atom is -0.474 e. The fourth-order valence-corrected chi connectivity index (χ4v) is 6.98. The molecule has 4 N–H and O–H groups in total. The summed E-state index contributed by atoms with van der Waals surface area (Å²) in [4.78, 5) is 26.5. The summed E-state index contributed by atoms with van der Waals surface area (Å²) in [5, 5.41) is 10.5. The number of aromatic nitrogens is 1. The van der Waals surface area contributed by atoms with Crippen molar-refractivity contribution in [2.24, 2.45) is 34.8 Å². The fourth-order valence-electron chi connectivity index (χ4n) is 6.08. The normalized spacial score (nSPS) is 27.8. The Bertz CT molecular complexity index is 856. The van der Waals surface area contributed by atoms with E-state index in [9.17, 15) is 9.59 Å². The van der Waals surface area contributed by atoms with Gasteiger partial charge in [-0.2, -0.15) is 0 Å². The molecule has 4 aliphatic rings. The van der Waals surface area contributed by atoms with E-state index in [0.29, 0.717) is 29.8 Å². The number of nitrogens with zero attached hydrogens (tertiary/aromatic N) is 1. The van der Waals surface area contributed by atoms with E-state index in [1.165, 1.54) is 43.9 Å². The molecule has 0 aliphatic heterocycles. The minimum atomic E-state index is -0.768. The van der Waals surface area contributed by atoms with Crippen molar-refractivity contribution in [1.82, 2.24) is 15.8 Å². The first-order chi connectivity index (χ1) is 16.2. The maximum Gasteiger partial charge on any atom is 0.291 e. The number of amides is 2. The molecular formula is C25H40N4O4S. The van der Waals surface area contributed by atoms with Gasteiger partial charge in [0.05, 0.1) is 5.41 Å². The lowest BCUT2D eigenvalue weighted by Crippen LogP contribution is -2.55. The number of hydrogen-bond acceptors (Lipinski definition) is 7. The van der Waals surface area contributed by atoms with E-state index in [2.05, 4.69) is 29.6 Å². The van der Waals surface area contributed by atoms with Gasteiger partial charge in [-0.3, -0.25) is 9.59 Å². The third kappa shape index (κ3) is 5.56. The first kappa shape index (κ1) is 25.4. The molecule has 4 fully saturated rings. The highest BCUT2D eigenvalue weighted by Gasteiger charge is 2.49. The molecule has 34 heavy (non-hydrogen) atoms. The van der Waals surface area contributed by atoms with Crippen LogP contribution in [0.5, 0.6) is 5.88 Å². The largest absolute Gasteiger partial charge is 0.474 e. The second-order valence-corrected chi connectivity index (χ2v) is 12.9. The van der Waals surface area contributed by atoms with Gasteiger partial charge in [-0.05, 0) is 87.7 Å². The average molecular weight is 493 g/mol. The number of thioether (sulfide) groups is 1. The van der Waals surface area contributed by atoms with Crippen LogP contribution in [-0.4, -0.2) is 48.0 Å². The van der Waals surface area contributed by atoms with E-state index >= 15 is 0 Å². The van der Waals surface area contributed by atoms with Gasteiger partial charge in [-0.25, -0.2) is 0 Å². The summed E-state index contributed by atoms with van der Waals surface area (Å²) in [6.07, 6.45) is 7.05. The van der Waals surface area contributed by atoms with Crippen molar-refractivity contribution in [3.8, 4) is 5.88 Å². The molecule has 5 rings (SSSR count). The maximum atomic E-state index is 13.3. The molecule has 1 aromatic rings. The summed E-state index contributed by atoms with van der Waals surface area (Å²) in [5.74, 6) is 3.04. The lowest BCUT2D eigenvalue weighted by atomic mass is 9.54. The van der Waals surface area contributed by atoms with E-state index in [4.69, 9.17) is 15.0 Å². The number of hydrogen-bond donors (Lipinski definition) is 3. The van der Waals surface area contributed by atoms with Crippen LogP contribution in [-0.2, 0) is 4.79 Å². The molecule has 0 radical (unpaired) electrons. The van der Waals surface area contributed by atoms with Gasteiger partial charge in [0.25, 0.3) is 11.8 Å². The SMILES string of the molecule is CC(C)Sc1c(OCC(C)(C)C(=O)NCCCN)noc1C(=O)NC1C2CC3CC(C2)CC1C3. The third-order valence-corrected chi connectivity index (χ3v) is 8.62. The molecule has 1 heterocycles. The molecule has 0 saturated heterocycles. The Balaban J connectivity index is 1.43. The zero-order chi connectivity index (χ0) is 24.5. The molecule has 9 heteroatoms. The molecule has 1 aromatic heterocycles. The fraction of sp³-hybridized carbons (Fsp3) is 0.800. The predicted octanol–water partition coefficient (Wildman–Crippen LogP) is 3.60. The van der Waals surface area contributed by atoms with Gasteiger partial charge in [0.15, 0.2) is 0 Å². The lowest BCUT2D eigenvalue weighted by Gasteiger charge is -2.54. The van der Waals surface area contributed by atoms with Crippen LogP contribution < -0.4 is 21.1 Å². The first-order valence-corrected chi connectivity index (χ1v) is 13.6. The molecule has 4 saturated carbocycles. The Morgan fingerprint density at radius 2 is 1.82 bits per heavy atom. The van der Waals surface area contributed by atoms with Gasteiger partial charge in [-0.1, -0.05) is 13.8 Å². The van der Waals surface area contributed by atoms with Gasteiger partial charge in [0.2, 0.25) is 11.7 Å². The Kier molecular flexibility index (Phi) is 7.82. The standard InChI is InChI=1S/C25H40N4O4S/c1-14(2)34-21-20(22(30)28-19-17-9-15-8-16(11-17)12-18(19)10-15)33-29-23(21)32-13-25(3,4)24(31)27-7-5-6-26/h14-19H,5-13,26H2,1-4H3,(H,27,31)(H,28,30). The number of nitrogens with one attached hydrogen (secondary N) is 2. The van der Waals surface area contributed by atoms with Crippen LogP contribution in [0.15, 0.2) is 9.42 Å². The van der Waals surface area contributed by atoms with E-state index in [1.807, 2.05) is 13.8 Å². The van der Waals surface area contributed by atoms with Gasteiger partial charge < -0.3 is 25.6 Å². The van der Waals surface area contributed by atoms with Crippen molar-refractivity contribution in [3.63, 3.8) is 0 Å². The Hall–Kier alpha value is -1.74. The second kappa shape index (κ2) is 10.5. The van der Waals surface area contributed by atoms with Crippen LogP contribution in [0, 0.1) is 29.1 Å². The Morgan fingerprint density at radius 1 is 1.18 bits per heavy atom. The molecular weight excluding hydrogens is 452 g/mol. The third-order valence-electron chi connectivity index (χ3n) is 7.56. The van der Waals surface area contributed by atoms with Gasteiger partial charge in [0.1, 0.15) is 11.5 Å². The highest BCUT2D eigenvalue weighted by Crippen LogP contribution is 2.53. The maximum absolute atomic E-state index is 13.3. The van der Waals surface area contributed by atoms with Crippen molar-refractivity contribution in [1.29, 1.82) is 0 Å². The number of ether oxygens (including phenoxy) is 1. The molecule has 0 spiro atoms. The molecule has 0 unspecified atom stereocenters. The molecule has 0 aromatic carbocycles. The molecule has 0 atom stereocenters. The van der Waals surface area contributed by atoms with Crippen LogP contribution in [0.4, 0.5) is 0 Å². The van der Waals surface area contributed by atoms with Gasteiger partial charge >= 0.3 is 0 Å². The number of rotatable bonds is 11. The Morgan fingerprint density at radius 3 is 2.41 bits per heavy atom. The Labute approximate surface area is 206 Å². The van der Waals surface area contributed by atoms with Crippen molar-refractivity contribution < 1.29 is 18.8 Å². The lowest BCUT2D eigenvalue weighted by molar-refractivity contribution is -0.130. The topological polar surface area (TPSA) is 119 Å². The molecule has 190 valence electrons. The highest BCUT2D eigenvalue weighted by molar-refractivity contribution is 8.00. The molecule has 2 amide bonds. The summed E-state index contributed by atoms with van der Waals surface area (Å²) in [7, 11) is 0. The van der Waals surface area contributed by atoms with Crippen molar-refractivity contribution >= 4 is 23.6 Å². The molecule has 4 bridgehead atoms. The highest BCUT2D eigenvalue weighted by atomic mass is 32.2. The van der Waals surface area contributed by atoms with Gasteiger partial charge in [0, 0.05) is 17.8 Å². The monoisotopic (exact) mass is 492 g/mol. The van der Waals surface area contributed by atoms with Gasteiger partial charge in [-0.15, -0.1) is 11.8 Å². The van der Waals surface area contributed by atoms with Crippen molar-refractivity contribution in [2.45, 2.75) is 82.4 Å². The van der Waals surface area contributed by atoms with Crippen LogP contribution in [0.1, 0.15) is 76.8 Å². The van der Waals surface area contributed by atoms with E-state index in [-0.39, 0.29) is 41.4 Å². The second-order valence-electron chi connectivity index (χ2n) is 11.3. The molecule has 4 aliphatic carbocycles. The number of carbonyl (C=O) groups excluding carboxylic acids is 2. The number of carbonyl (C=O) groups is 2. The van der Waals surface area contributed by atoms with Crippen LogP contribution in [0.25, 0.3) is 0 Å². The summed E-state index contributed by atoms with van der Waals surface area (Å²) < 4.78 is 11.5. The first-order valence-electron chi connectivity index (χ1n) is 12.8. The molecule has 8 nitrogen and oxygen atoms in total. The van der Waals surface area contributed by atoms with Crippen molar-refractivity contribution in [3.05, 3.63) is 5.76 Å². The average Bonchev–Trinajstić information content (AvgIpc) is 3.16. The quantitative estimate of drug-likeness (QED) is 0.319. The minimum absolute atomic E-state index is 0.109. The predicted molar refractivity (Wildman–Crippen MR) is 132 cm³/mol. The summed E-state index contributed by atoms with van der Waals surface area (Å²) >= 11 is 1.50. The zero-order valence-corrected chi connectivity index (χ0v) is 21.7. The summed E-state index contributed by atoms with van der Waals surface area (Å²) in [6.45, 7) is 8.93. The summed E-state index contributed by atoms with van der Waals surface area (Å²) in [6, 6.07) is 0.225. The van der Waals surface area contributed by atoms with Crippen molar-refractivity contribution in [2.75, 3.05) is 19.7 Å². The van der Waals surface area contributed by atoms with E-state index in [0.717, 1.165) is 18.3 Å². The number of nitrogens with two attached hydrogens (primary N) is 1. The van der Waals surface area contributed by atoms with Crippen LogP contribution in [0.2, 0.25) is 0 Å².